The smallest absolute Gasteiger partial charge is 0.325 e. The molecule has 0 aromatic carbocycles. The lowest BCUT2D eigenvalue weighted by atomic mass is 9.93. The Morgan fingerprint density at radius 3 is 2.65 bits per heavy atom. The quantitative estimate of drug-likeness (QED) is 0.740. The predicted octanol–water partition coefficient (Wildman–Crippen LogP) is 1.39. The van der Waals surface area contributed by atoms with Crippen molar-refractivity contribution in [1.82, 2.24) is 4.90 Å². The monoisotopic (exact) mass is 242 g/mol. The number of esters is 1. The molecule has 0 bridgehead atoms. The number of hydrogen-bond donors (Lipinski definition) is 1. The van der Waals surface area contributed by atoms with E-state index in [1.54, 1.807) is 13.8 Å². The van der Waals surface area contributed by atoms with E-state index in [1.807, 2.05) is 0 Å². The van der Waals surface area contributed by atoms with Crippen LogP contribution in [-0.2, 0) is 9.53 Å². The third-order valence-corrected chi connectivity index (χ3v) is 3.45. The molecule has 1 rings (SSSR count). The van der Waals surface area contributed by atoms with Crippen molar-refractivity contribution in [2.75, 3.05) is 26.2 Å². The second kappa shape index (κ2) is 5.36. The molecular formula is C13H26N2O2. The second-order valence-electron chi connectivity index (χ2n) is 6.08. The minimum absolute atomic E-state index is 0.293. The second-order valence-corrected chi connectivity index (χ2v) is 6.08. The summed E-state index contributed by atoms with van der Waals surface area (Å²) in [6, 6.07) is 0. The van der Waals surface area contributed by atoms with Gasteiger partial charge in [0.15, 0.2) is 0 Å². The van der Waals surface area contributed by atoms with E-state index in [9.17, 15) is 4.79 Å². The van der Waals surface area contributed by atoms with Crippen LogP contribution >= 0.6 is 0 Å². The highest BCUT2D eigenvalue weighted by molar-refractivity contribution is 5.79. The Balaban J connectivity index is 2.37. The van der Waals surface area contributed by atoms with E-state index < -0.39 is 5.54 Å². The molecule has 17 heavy (non-hydrogen) atoms. The molecule has 0 radical (unpaired) electrons. The van der Waals surface area contributed by atoms with Gasteiger partial charge >= 0.3 is 5.97 Å². The summed E-state index contributed by atoms with van der Waals surface area (Å²) in [6.45, 7) is 11.6. The minimum Gasteiger partial charge on any atom is -0.465 e. The maximum absolute atomic E-state index is 11.6. The lowest BCUT2D eigenvalue weighted by Gasteiger charge is -2.26. The fourth-order valence-electron chi connectivity index (χ4n) is 2.20. The molecule has 4 nitrogen and oxygen atoms in total. The molecule has 0 aliphatic carbocycles. The first-order valence-electron chi connectivity index (χ1n) is 6.45. The Morgan fingerprint density at radius 2 is 2.18 bits per heavy atom. The average molecular weight is 242 g/mol. The minimum atomic E-state index is -0.858. The maximum Gasteiger partial charge on any atom is 0.325 e. The molecule has 1 aliphatic rings. The van der Waals surface area contributed by atoms with Crippen molar-refractivity contribution in [2.45, 2.75) is 46.1 Å². The molecule has 4 heteroatoms. The first kappa shape index (κ1) is 14.5. The van der Waals surface area contributed by atoms with Gasteiger partial charge in [0, 0.05) is 13.1 Å². The van der Waals surface area contributed by atoms with Gasteiger partial charge in [-0.1, -0.05) is 13.8 Å². The highest BCUT2D eigenvalue weighted by Gasteiger charge is 2.33. The molecule has 2 N–H and O–H groups in total. The number of carbonyl (C=O) groups is 1. The molecule has 1 unspecified atom stereocenters. The van der Waals surface area contributed by atoms with Crippen molar-refractivity contribution >= 4 is 5.97 Å². The lowest BCUT2D eigenvalue weighted by Crippen LogP contribution is -2.48. The largest absolute Gasteiger partial charge is 0.465 e. The highest BCUT2D eigenvalue weighted by Crippen LogP contribution is 2.29. The Labute approximate surface area is 104 Å². The number of nitrogens with zero attached hydrogens (tertiary/aromatic N) is 1. The van der Waals surface area contributed by atoms with E-state index in [0.29, 0.717) is 18.4 Å². The normalized spacial score (nSPS) is 23.4. The maximum atomic E-state index is 11.6. The van der Waals surface area contributed by atoms with Crippen LogP contribution in [0.4, 0.5) is 0 Å². The van der Waals surface area contributed by atoms with Crippen LogP contribution in [0.1, 0.15) is 40.5 Å². The third-order valence-electron chi connectivity index (χ3n) is 3.45. The standard InChI is InChI=1S/C13H26N2O2/c1-5-17-11(16)13(4,14)7-9-15-8-6-12(2,3)10-15/h5-10,14H2,1-4H3. The first-order valence-corrected chi connectivity index (χ1v) is 6.45. The molecule has 0 saturated carbocycles. The zero-order valence-corrected chi connectivity index (χ0v) is 11.6. The van der Waals surface area contributed by atoms with Crippen LogP contribution in [0.5, 0.6) is 0 Å². The average Bonchev–Trinajstić information content (AvgIpc) is 2.56. The van der Waals surface area contributed by atoms with E-state index in [0.717, 1.165) is 19.6 Å². The van der Waals surface area contributed by atoms with Crippen molar-refractivity contribution in [1.29, 1.82) is 0 Å². The van der Waals surface area contributed by atoms with E-state index in [4.69, 9.17) is 10.5 Å². The third kappa shape index (κ3) is 4.28. The molecule has 1 saturated heterocycles. The van der Waals surface area contributed by atoms with E-state index in [1.165, 1.54) is 6.42 Å². The number of rotatable bonds is 5. The van der Waals surface area contributed by atoms with Crippen molar-refractivity contribution in [2.24, 2.45) is 11.1 Å². The summed E-state index contributed by atoms with van der Waals surface area (Å²) in [4.78, 5) is 14.0. The highest BCUT2D eigenvalue weighted by atomic mass is 16.5. The first-order chi connectivity index (χ1) is 7.77. The zero-order valence-electron chi connectivity index (χ0n) is 11.6. The SMILES string of the molecule is CCOC(=O)C(C)(N)CCN1CCC(C)(C)C1. The Hall–Kier alpha value is -0.610. The van der Waals surface area contributed by atoms with Crippen LogP contribution in [0, 0.1) is 5.41 Å². The molecule has 100 valence electrons. The van der Waals surface area contributed by atoms with E-state index >= 15 is 0 Å². The van der Waals surface area contributed by atoms with Gasteiger partial charge in [0.25, 0.3) is 0 Å². The fourth-order valence-corrected chi connectivity index (χ4v) is 2.20. The molecule has 1 atom stereocenters. The van der Waals surface area contributed by atoms with Gasteiger partial charge in [-0.05, 0) is 38.6 Å². The molecular weight excluding hydrogens is 216 g/mol. The van der Waals surface area contributed by atoms with Crippen LogP contribution in [-0.4, -0.2) is 42.6 Å². The van der Waals surface area contributed by atoms with Crippen LogP contribution in [0.25, 0.3) is 0 Å². The molecule has 0 amide bonds. The molecule has 1 heterocycles. The summed E-state index contributed by atoms with van der Waals surface area (Å²) in [5.74, 6) is -0.293. The van der Waals surface area contributed by atoms with Gasteiger partial charge in [-0.25, -0.2) is 0 Å². The van der Waals surface area contributed by atoms with Crippen molar-refractivity contribution < 1.29 is 9.53 Å². The molecule has 1 aliphatic heterocycles. The van der Waals surface area contributed by atoms with E-state index in [-0.39, 0.29) is 5.97 Å². The lowest BCUT2D eigenvalue weighted by molar-refractivity contribution is -0.149. The van der Waals surface area contributed by atoms with Gasteiger partial charge in [-0.3, -0.25) is 4.79 Å². The van der Waals surface area contributed by atoms with Crippen molar-refractivity contribution in [3.63, 3.8) is 0 Å². The number of likely N-dealkylation sites (tertiary alicyclic amines) is 1. The number of carbonyl (C=O) groups excluding carboxylic acids is 1. The van der Waals surface area contributed by atoms with Gasteiger partial charge in [-0.2, -0.15) is 0 Å². The van der Waals surface area contributed by atoms with Gasteiger partial charge in [0.05, 0.1) is 6.61 Å². The van der Waals surface area contributed by atoms with Gasteiger partial charge in [0.1, 0.15) is 5.54 Å². The Kier molecular flexibility index (Phi) is 4.55. The summed E-state index contributed by atoms with van der Waals surface area (Å²) in [7, 11) is 0. The molecule has 1 fully saturated rings. The Morgan fingerprint density at radius 1 is 1.53 bits per heavy atom. The molecule has 0 spiro atoms. The van der Waals surface area contributed by atoms with Crippen molar-refractivity contribution in [3.8, 4) is 0 Å². The molecule has 0 aromatic heterocycles. The van der Waals surface area contributed by atoms with Gasteiger partial charge in [0.2, 0.25) is 0 Å². The van der Waals surface area contributed by atoms with Crippen molar-refractivity contribution in [3.05, 3.63) is 0 Å². The van der Waals surface area contributed by atoms with Gasteiger partial charge in [-0.15, -0.1) is 0 Å². The summed E-state index contributed by atoms with van der Waals surface area (Å²) in [5, 5.41) is 0. The zero-order chi connectivity index (χ0) is 13.1. The number of ether oxygens (including phenoxy) is 1. The molecule has 0 aromatic rings. The summed E-state index contributed by atoms with van der Waals surface area (Å²) < 4.78 is 4.98. The summed E-state index contributed by atoms with van der Waals surface area (Å²) in [6.07, 6.45) is 1.87. The predicted molar refractivity (Wildman–Crippen MR) is 68.7 cm³/mol. The van der Waals surface area contributed by atoms with Crippen LogP contribution in [0.15, 0.2) is 0 Å². The number of hydrogen-bond acceptors (Lipinski definition) is 4. The van der Waals surface area contributed by atoms with Gasteiger partial charge < -0.3 is 15.4 Å². The summed E-state index contributed by atoms with van der Waals surface area (Å²) in [5.41, 5.74) is 5.53. The van der Waals surface area contributed by atoms with Crippen LogP contribution < -0.4 is 5.73 Å². The van der Waals surface area contributed by atoms with E-state index in [2.05, 4.69) is 18.7 Å². The number of nitrogens with two attached hydrogens (primary N) is 1. The topological polar surface area (TPSA) is 55.6 Å². The fraction of sp³-hybridized carbons (Fsp3) is 0.923. The van der Waals surface area contributed by atoms with Crippen LogP contribution in [0.3, 0.4) is 0 Å². The van der Waals surface area contributed by atoms with Crippen LogP contribution in [0.2, 0.25) is 0 Å². The Bertz CT molecular complexity index is 275. The summed E-state index contributed by atoms with van der Waals surface area (Å²) >= 11 is 0.